The van der Waals surface area contributed by atoms with E-state index in [1.54, 1.807) is 0 Å². The van der Waals surface area contributed by atoms with Crippen LogP contribution in [0.15, 0.2) is 134 Å². The Morgan fingerprint density at radius 3 is 1.37 bits per heavy atom. The molecule has 0 saturated carbocycles. The van der Waals surface area contributed by atoms with E-state index in [1.807, 2.05) is 0 Å². The molecule has 12 unspecified atom stereocenters. The van der Waals surface area contributed by atoms with E-state index in [2.05, 4.69) is 153 Å². The van der Waals surface area contributed by atoms with Gasteiger partial charge in [0.1, 0.15) is 48.8 Å². The summed E-state index contributed by atoms with van der Waals surface area (Å²) in [5.41, 5.74) is 0. The van der Waals surface area contributed by atoms with Crippen LogP contribution in [0.3, 0.4) is 0 Å². The predicted molar refractivity (Wildman–Crippen MR) is 304 cm³/mol. The van der Waals surface area contributed by atoms with Gasteiger partial charge in [0.05, 0.1) is 32.0 Å². The van der Waals surface area contributed by atoms with Crippen molar-refractivity contribution in [2.24, 2.45) is 0 Å². The van der Waals surface area contributed by atoms with Gasteiger partial charge in [0.15, 0.2) is 12.6 Å². The Balaban J connectivity index is 1.61. The molecule has 9 N–H and O–H groups in total. The smallest absolute Gasteiger partial charge is 0.220 e. The van der Waals surface area contributed by atoms with Gasteiger partial charge in [0, 0.05) is 6.42 Å². The van der Waals surface area contributed by atoms with E-state index in [1.165, 1.54) is 0 Å². The summed E-state index contributed by atoms with van der Waals surface area (Å²) >= 11 is 0. The fraction of sp³-hybridized carbons (Fsp3) is 0.629. The highest BCUT2D eigenvalue weighted by atomic mass is 16.7. The minimum Gasteiger partial charge on any atom is -0.394 e. The predicted octanol–water partition coefficient (Wildman–Crippen LogP) is 9.21. The average molecular weight is 1070 g/mol. The van der Waals surface area contributed by atoms with Gasteiger partial charge < -0.3 is 65.1 Å². The third-order valence-electron chi connectivity index (χ3n) is 12.9. The number of hydrogen-bond donors (Lipinski definition) is 9. The highest BCUT2D eigenvalue weighted by Crippen LogP contribution is 2.30. The Morgan fingerprint density at radius 1 is 0.487 bits per heavy atom. The van der Waals surface area contributed by atoms with E-state index < -0.39 is 86.8 Å². The van der Waals surface area contributed by atoms with Gasteiger partial charge in [0.2, 0.25) is 5.91 Å². The number of carbonyl (C=O) groups excluding carboxylic acids is 1. The lowest BCUT2D eigenvalue weighted by Crippen LogP contribution is -2.65. The number of aliphatic hydroxyl groups excluding tert-OH is 8. The Hall–Kier alpha value is -3.87. The minimum absolute atomic E-state index is 0.253. The molecule has 2 rings (SSSR count). The van der Waals surface area contributed by atoms with Crippen molar-refractivity contribution in [2.75, 3.05) is 19.8 Å². The first-order valence-corrected chi connectivity index (χ1v) is 28.4. The molecule has 1 amide bonds. The highest BCUT2D eigenvalue weighted by Gasteiger charge is 2.51. The van der Waals surface area contributed by atoms with Gasteiger partial charge in [-0.3, -0.25) is 4.79 Å². The maximum absolute atomic E-state index is 13.1. The number of nitrogens with one attached hydrogen (secondary N) is 1. The molecule has 0 aliphatic carbocycles. The topological polar surface area (TPSA) is 228 Å². The SMILES string of the molecule is CC/C=C\C/C=C\C/C=C\C/C=C\C/C=C\C/C=C\C/C=C\C/C=C\C/C=C\C/C=C\C/C=C\CCCCCC(=O)NC(COC1OC(CO)C(OC2OC(CO)C(O)C(O)C2O)C(O)C1O)C(O)CCCCCCC. The summed E-state index contributed by atoms with van der Waals surface area (Å²) in [5.74, 6) is -0.253. The summed E-state index contributed by atoms with van der Waals surface area (Å²) in [6, 6.07) is -0.853. The molecule has 12 atom stereocenters. The second-order valence-electron chi connectivity index (χ2n) is 19.3. The normalized spacial score (nSPS) is 25.9. The summed E-state index contributed by atoms with van der Waals surface area (Å²) in [6.45, 7) is 2.57. The van der Waals surface area contributed by atoms with Gasteiger partial charge in [-0.2, -0.15) is 0 Å². The van der Waals surface area contributed by atoms with Crippen LogP contribution in [0, 0.1) is 0 Å². The van der Waals surface area contributed by atoms with E-state index in [-0.39, 0.29) is 18.9 Å². The molecule has 430 valence electrons. The number of ether oxygens (including phenoxy) is 4. The van der Waals surface area contributed by atoms with Crippen molar-refractivity contribution in [3.05, 3.63) is 134 Å². The Kier molecular flexibility index (Phi) is 41.4. The van der Waals surface area contributed by atoms with E-state index in [4.69, 9.17) is 18.9 Å². The molecule has 2 heterocycles. The molecule has 0 radical (unpaired) electrons. The van der Waals surface area contributed by atoms with Crippen LogP contribution in [0.5, 0.6) is 0 Å². The Morgan fingerprint density at radius 2 is 0.908 bits per heavy atom. The Bertz CT molecular complexity index is 1780. The average Bonchev–Trinajstić information content (AvgIpc) is 3.42. The number of unbranched alkanes of at least 4 members (excludes halogenated alkanes) is 7. The van der Waals surface area contributed by atoms with Gasteiger partial charge >= 0.3 is 0 Å². The molecule has 2 saturated heterocycles. The molecule has 0 spiro atoms. The van der Waals surface area contributed by atoms with Crippen molar-refractivity contribution >= 4 is 5.91 Å². The summed E-state index contributed by atoms with van der Waals surface area (Å²) in [7, 11) is 0. The van der Waals surface area contributed by atoms with Gasteiger partial charge in [-0.05, 0) is 96.3 Å². The first kappa shape index (κ1) is 68.2. The van der Waals surface area contributed by atoms with E-state index in [9.17, 15) is 45.6 Å². The van der Waals surface area contributed by atoms with Crippen LogP contribution in [-0.4, -0.2) is 140 Å². The monoisotopic (exact) mass is 1070 g/mol. The van der Waals surface area contributed by atoms with Crippen LogP contribution in [0.2, 0.25) is 0 Å². The second-order valence-corrected chi connectivity index (χ2v) is 19.3. The number of carbonyl (C=O) groups is 1. The van der Waals surface area contributed by atoms with Crippen molar-refractivity contribution in [3.63, 3.8) is 0 Å². The minimum atomic E-state index is -1.79. The van der Waals surface area contributed by atoms with Gasteiger partial charge in [-0.1, -0.05) is 186 Å². The van der Waals surface area contributed by atoms with Crippen LogP contribution < -0.4 is 5.32 Å². The van der Waals surface area contributed by atoms with E-state index in [0.717, 1.165) is 122 Å². The zero-order chi connectivity index (χ0) is 55.3. The molecule has 2 aliphatic heterocycles. The third kappa shape index (κ3) is 31.5. The summed E-state index contributed by atoms with van der Waals surface area (Å²) in [4.78, 5) is 13.1. The second kappa shape index (κ2) is 46.1. The van der Waals surface area contributed by atoms with E-state index in [0.29, 0.717) is 12.8 Å². The molecule has 0 bridgehead atoms. The number of allylic oxidation sites excluding steroid dienone is 22. The maximum Gasteiger partial charge on any atom is 0.220 e. The van der Waals surface area contributed by atoms with Gasteiger partial charge in [-0.15, -0.1) is 0 Å². The molecule has 0 aromatic heterocycles. The van der Waals surface area contributed by atoms with Crippen molar-refractivity contribution in [1.82, 2.24) is 5.32 Å². The zero-order valence-corrected chi connectivity index (χ0v) is 45.9. The molecule has 2 fully saturated rings. The van der Waals surface area contributed by atoms with Crippen LogP contribution in [0.1, 0.15) is 155 Å². The summed E-state index contributed by atoms with van der Waals surface area (Å²) in [6.07, 6.45) is 51.1. The number of aliphatic hydroxyl groups is 8. The molecule has 2 aliphatic rings. The van der Waals surface area contributed by atoms with Crippen LogP contribution in [-0.2, 0) is 23.7 Å². The molecule has 14 heteroatoms. The standard InChI is InChI=1S/C62H99NO13/c1-3-5-7-9-10-11-12-13-14-15-16-17-18-19-20-21-22-23-24-25-26-27-28-29-30-31-32-33-34-35-36-37-38-39-40-42-44-46-54(67)63-50(51(66)45-43-41-8-6-4-2)49-73-61-59(72)57(70)60(53(48-65)75-61)76-62-58(71)56(69)55(68)52(47-64)74-62/h5,7,10-11,13-14,16-17,19-20,22-23,25-26,28-29,31-32,34-35,37-38,50-53,55-62,64-66,68-72H,3-4,6,8-9,12,15,18,21,24,27,30,33,36,39-49H2,1-2H3,(H,63,67)/b7-5-,11-10-,14-13-,17-16-,20-19-,23-22-,26-25-,29-28-,32-31-,35-34-,38-37-. The van der Waals surface area contributed by atoms with Crippen molar-refractivity contribution < 1.29 is 64.6 Å². The van der Waals surface area contributed by atoms with Crippen LogP contribution >= 0.6 is 0 Å². The number of amides is 1. The number of hydrogen-bond acceptors (Lipinski definition) is 13. The molecular weight excluding hydrogens is 967 g/mol. The van der Waals surface area contributed by atoms with Crippen molar-refractivity contribution in [2.45, 2.75) is 229 Å². The zero-order valence-electron chi connectivity index (χ0n) is 45.9. The number of rotatable bonds is 42. The lowest BCUT2D eigenvalue weighted by Gasteiger charge is -2.46. The summed E-state index contributed by atoms with van der Waals surface area (Å²) in [5, 5.41) is 86.4. The summed E-state index contributed by atoms with van der Waals surface area (Å²) < 4.78 is 22.6. The van der Waals surface area contributed by atoms with Crippen molar-refractivity contribution in [1.29, 1.82) is 0 Å². The highest BCUT2D eigenvalue weighted by molar-refractivity contribution is 5.76. The molecule has 0 aromatic rings. The van der Waals surface area contributed by atoms with Crippen LogP contribution in [0.25, 0.3) is 0 Å². The molecule has 76 heavy (non-hydrogen) atoms. The quantitative estimate of drug-likeness (QED) is 0.0206. The fourth-order valence-electron chi connectivity index (χ4n) is 8.30. The Labute approximate surface area is 456 Å². The molecule has 0 aromatic carbocycles. The third-order valence-corrected chi connectivity index (χ3v) is 12.9. The van der Waals surface area contributed by atoms with Gasteiger partial charge in [-0.25, -0.2) is 0 Å². The lowest BCUT2D eigenvalue weighted by molar-refractivity contribution is -0.359. The largest absolute Gasteiger partial charge is 0.394 e. The van der Waals surface area contributed by atoms with E-state index >= 15 is 0 Å². The first-order valence-electron chi connectivity index (χ1n) is 28.4. The van der Waals surface area contributed by atoms with Gasteiger partial charge in [0.25, 0.3) is 0 Å². The first-order chi connectivity index (χ1) is 37.1. The van der Waals surface area contributed by atoms with Crippen molar-refractivity contribution in [3.8, 4) is 0 Å². The molecule has 14 nitrogen and oxygen atoms in total. The molecular formula is C62H99NO13. The maximum atomic E-state index is 13.1. The van der Waals surface area contributed by atoms with Crippen LogP contribution in [0.4, 0.5) is 0 Å². The fourth-order valence-corrected chi connectivity index (χ4v) is 8.30. The lowest BCUT2D eigenvalue weighted by atomic mass is 9.97.